The van der Waals surface area contributed by atoms with Gasteiger partial charge in [-0.1, -0.05) is 30.3 Å². The van der Waals surface area contributed by atoms with Gasteiger partial charge in [-0.3, -0.25) is 4.79 Å². The SMILES string of the molecule is CCN(C(=O)C(C)c1ccccc1)C1CCNCC1. The van der Waals surface area contributed by atoms with Crippen LogP contribution in [0.15, 0.2) is 30.3 Å². The largest absolute Gasteiger partial charge is 0.339 e. The third-order valence-electron chi connectivity index (χ3n) is 4.04. The minimum atomic E-state index is -0.0453. The molecule has 1 aliphatic rings. The van der Waals surface area contributed by atoms with Gasteiger partial charge in [0.1, 0.15) is 0 Å². The van der Waals surface area contributed by atoms with E-state index in [0.29, 0.717) is 6.04 Å². The fraction of sp³-hybridized carbons (Fsp3) is 0.562. The highest BCUT2D eigenvalue weighted by Gasteiger charge is 2.27. The van der Waals surface area contributed by atoms with E-state index in [2.05, 4.69) is 17.1 Å². The van der Waals surface area contributed by atoms with Crippen LogP contribution in [0.3, 0.4) is 0 Å². The highest BCUT2D eigenvalue weighted by Crippen LogP contribution is 2.21. The van der Waals surface area contributed by atoms with Crippen LogP contribution >= 0.6 is 0 Å². The van der Waals surface area contributed by atoms with Crippen molar-refractivity contribution in [3.8, 4) is 0 Å². The fourth-order valence-corrected chi connectivity index (χ4v) is 2.85. The molecule has 1 amide bonds. The summed E-state index contributed by atoms with van der Waals surface area (Å²) in [7, 11) is 0. The van der Waals surface area contributed by atoms with Crippen LogP contribution in [-0.4, -0.2) is 36.5 Å². The number of rotatable bonds is 4. The molecule has 1 aromatic rings. The maximum absolute atomic E-state index is 12.7. The molecule has 0 bridgehead atoms. The first-order chi connectivity index (χ1) is 9.24. The topological polar surface area (TPSA) is 32.3 Å². The van der Waals surface area contributed by atoms with Crippen LogP contribution in [0, 0.1) is 0 Å². The summed E-state index contributed by atoms with van der Waals surface area (Å²) in [6.45, 7) is 6.95. The number of nitrogens with zero attached hydrogens (tertiary/aromatic N) is 1. The molecule has 1 aromatic carbocycles. The summed E-state index contributed by atoms with van der Waals surface area (Å²) in [5, 5.41) is 3.36. The molecule has 1 heterocycles. The summed E-state index contributed by atoms with van der Waals surface area (Å²) < 4.78 is 0. The monoisotopic (exact) mass is 260 g/mol. The van der Waals surface area contributed by atoms with Gasteiger partial charge in [0.05, 0.1) is 5.92 Å². The van der Waals surface area contributed by atoms with Gasteiger partial charge in [-0.2, -0.15) is 0 Å². The maximum Gasteiger partial charge on any atom is 0.230 e. The van der Waals surface area contributed by atoms with Gasteiger partial charge in [0.15, 0.2) is 0 Å². The van der Waals surface area contributed by atoms with Crippen molar-refractivity contribution in [1.82, 2.24) is 10.2 Å². The normalized spacial score (nSPS) is 18.0. The summed E-state index contributed by atoms with van der Waals surface area (Å²) in [6, 6.07) is 10.5. The van der Waals surface area contributed by atoms with Gasteiger partial charge >= 0.3 is 0 Å². The Balaban J connectivity index is 2.07. The lowest BCUT2D eigenvalue weighted by Crippen LogP contribution is -2.47. The van der Waals surface area contributed by atoms with Crippen LogP contribution in [0.25, 0.3) is 0 Å². The summed E-state index contributed by atoms with van der Waals surface area (Å²) in [6.07, 6.45) is 2.14. The van der Waals surface area contributed by atoms with Crippen molar-refractivity contribution < 1.29 is 4.79 Å². The number of benzene rings is 1. The second kappa shape index (κ2) is 6.71. The van der Waals surface area contributed by atoms with Crippen LogP contribution < -0.4 is 5.32 Å². The first kappa shape index (κ1) is 14.1. The number of piperidine rings is 1. The standard InChI is InChI=1S/C16H24N2O/c1-3-18(15-9-11-17-12-10-15)16(19)13(2)14-7-5-4-6-8-14/h4-8,13,15,17H,3,9-12H2,1-2H3. The number of hydrogen-bond acceptors (Lipinski definition) is 2. The van der Waals surface area contributed by atoms with E-state index >= 15 is 0 Å². The molecule has 0 aromatic heterocycles. The van der Waals surface area contributed by atoms with Crippen LogP contribution in [-0.2, 0) is 4.79 Å². The molecule has 0 radical (unpaired) electrons. The van der Waals surface area contributed by atoms with E-state index in [9.17, 15) is 4.79 Å². The predicted octanol–water partition coefficient (Wildman–Crippen LogP) is 2.39. The number of carbonyl (C=O) groups is 1. The molecule has 0 saturated carbocycles. The molecule has 2 rings (SSSR count). The molecule has 0 aliphatic carbocycles. The molecule has 3 nitrogen and oxygen atoms in total. The van der Waals surface area contributed by atoms with Gasteiger partial charge < -0.3 is 10.2 Å². The average molecular weight is 260 g/mol. The van der Waals surface area contributed by atoms with E-state index in [0.717, 1.165) is 38.0 Å². The molecule has 1 aliphatic heterocycles. The number of nitrogens with one attached hydrogen (secondary N) is 1. The van der Waals surface area contributed by atoms with Gasteiger partial charge in [-0.25, -0.2) is 0 Å². The van der Waals surface area contributed by atoms with Crippen molar-refractivity contribution in [3.63, 3.8) is 0 Å². The molecule has 3 heteroatoms. The third kappa shape index (κ3) is 3.35. The summed E-state index contributed by atoms with van der Waals surface area (Å²) in [5.74, 6) is 0.219. The van der Waals surface area contributed by atoms with E-state index < -0.39 is 0 Å². The molecular weight excluding hydrogens is 236 g/mol. The van der Waals surface area contributed by atoms with E-state index in [-0.39, 0.29) is 11.8 Å². The Bertz CT molecular complexity index is 398. The lowest BCUT2D eigenvalue weighted by Gasteiger charge is -2.35. The van der Waals surface area contributed by atoms with E-state index in [1.54, 1.807) is 0 Å². The van der Waals surface area contributed by atoms with Gasteiger partial charge in [0, 0.05) is 12.6 Å². The van der Waals surface area contributed by atoms with Gasteiger partial charge in [0.25, 0.3) is 0 Å². The molecule has 19 heavy (non-hydrogen) atoms. The lowest BCUT2D eigenvalue weighted by molar-refractivity contribution is -0.135. The van der Waals surface area contributed by atoms with Gasteiger partial charge in [0.2, 0.25) is 5.91 Å². The summed E-state index contributed by atoms with van der Waals surface area (Å²) >= 11 is 0. The van der Waals surface area contributed by atoms with Crippen molar-refractivity contribution in [2.24, 2.45) is 0 Å². The number of carbonyl (C=O) groups excluding carboxylic acids is 1. The zero-order chi connectivity index (χ0) is 13.7. The minimum absolute atomic E-state index is 0.0453. The molecular formula is C16H24N2O. The minimum Gasteiger partial charge on any atom is -0.339 e. The predicted molar refractivity (Wildman–Crippen MR) is 78.1 cm³/mol. The van der Waals surface area contributed by atoms with Crippen molar-refractivity contribution in [2.75, 3.05) is 19.6 Å². The average Bonchev–Trinajstić information content (AvgIpc) is 2.49. The molecule has 104 valence electrons. The Kier molecular flexibility index (Phi) is 4.97. The third-order valence-corrected chi connectivity index (χ3v) is 4.04. The van der Waals surface area contributed by atoms with Crippen LogP contribution in [0.1, 0.15) is 38.2 Å². The molecule has 1 fully saturated rings. The highest BCUT2D eigenvalue weighted by atomic mass is 16.2. The van der Waals surface area contributed by atoms with Crippen molar-refractivity contribution in [3.05, 3.63) is 35.9 Å². The van der Waals surface area contributed by atoms with E-state index in [4.69, 9.17) is 0 Å². The Hall–Kier alpha value is -1.35. The smallest absolute Gasteiger partial charge is 0.230 e. The number of hydrogen-bond donors (Lipinski definition) is 1. The van der Waals surface area contributed by atoms with E-state index in [1.807, 2.05) is 37.3 Å². The zero-order valence-electron chi connectivity index (χ0n) is 11.9. The van der Waals surface area contributed by atoms with E-state index in [1.165, 1.54) is 0 Å². The highest BCUT2D eigenvalue weighted by molar-refractivity contribution is 5.83. The van der Waals surface area contributed by atoms with Crippen molar-refractivity contribution in [2.45, 2.75) is 38.6 Å². The maximum atomic E-state index is 12.7. The number of likely N-dealkylation sites (N-methyl/N-ethyl adjacent to an activating group) is 1. The Labute approximate surface area is 116 Å². The molecule has 0 spiro atoms. The fourth-order valence-electron chi connectivity index (χ4n) is 2.85. The van der Waals surface area contributed by atoms with Crippen LogP contribution in [0.5, 0.6) is 0 Å². The molecule has 1 atom stereocenters. The number of amides is 1. The van der Waals surface area contributed by atoms with Crippen molar-refractivity contribution >= 4 is 5.91 Å². The van der Waals surface area contributed by atoms with Crippen molar-refractivity contribution in [1.29, 1.82) is 0 Å². The molecule has 1 saturated heterocycles. The first-order valence-electron chi connectivity index (χ1n) is 7.30. The summed E-state index contributed by atoms with van der Waals surface area (Å²) in [4.78, 5) is 14.7. The van der Waals surface area contributed by atoms with Crippen LogP contribution in [0.4, 0.5) is 0 Å². The first-order valence-corrected chi connectivity index (χ1v) is 7.30. The Morgan fingerprint density at radius 1 is 1.32 bits per heavy atom. The second-order valence-corrected chi connectivity index (χ2v) is 5.24. The molecule has 1 N–H and O–H groups in total. The van der Waals surface area contributed by atoms with Gasteiger partial charge in [-0.05, 0) is 45.3 Å². The summed E-state index contributed by atoms with van der Waals surface area (Å²) in [5.41, 5.74) is 1.11. The second-order valence-electron chi connectivity index (χ2n) is 5.24. The Morgan fingerprint density at radius 2 is 1.95 bits per heavy atom. The van der Waals surface area contributed by atoms with Crippen LogP contribution in [0.2, 0.25) is 0 Å². The Morgan fingerprint density at radius 3 is 2.53 bits per heavy atom. The quantitative estimate of drug-likeness (QED) is 0.901. The zero-order valence-corrected chi connectivity index (χ0v) is 11.9. The van der Waals surface area contributed by atoms with Gasteiger partial charge in [-0.15, -0.1) is 0 Å². The lowest BCUT2D eigenvalue weighted by atomic mass is 9.97. The molecule has 1 unspecified atom stereocenters.